The highest BCUT2D eigenvalue weighted by molar-refractivity contribution is 7.92. The fraction of sp³-hybridized carbons (Fsp3) is 0.0400. The van der Waals surface area contributed by atoms with Gasteiger partial charge in [-0.3, -0.25) is 14.3 Å². The number of rotatable bonds is 5. The number of para-hydroxylation sites is 1. The zero-order chi connectivity index (χ0) is 24.6. The Kier molecular flexibility index (Phi) is 5.80. The number of carbonyl (C=O) groups is 2. The number of benzene rings is 3. The molecule has 1 aliphatic rings. The van der Waals surface area contributed by atoms with Gasteiger partial charge in [0.15, 0.2) is 5.78 Å². The van der Waals surface area contributed by atoms with Gasteiger partial charge in [-0.25, -0.2) is 18.1 Å². The molecule has 1 unspecified atom stereocenters. The molecule has 1 aromatic heterocycles. The van der Waals surface area contributed by atoms with Crippen molar-refractivity contribution in [3.63, 3.8) is 0 Å². The zero-order valence-electron chi connectivity index (χ0n) is 18.0. The first-order valence-corrected chi connectivity index (χ1v) is 12.4. The number of hydrogen-bond donors (Lipinski definition) is 1. The number of ketones is 2. The molecule has 35 heavy (non-hydrogen) atoms. The van der Waals surface area contributed by atoms with Gasteiger partial charge in [0, 0.05) is 11.1 Å². The van der Waals surface area contributed by atoms with Crippen LogP contribution in [0.25, 0.3) is 5.69 Å². The molecule has 0 saturated heterocycles. The van der Waals surface area contributed by atoms with Gasteiger partial charge in [0.2, 0.25) is 5.78 Å². The van der Waals surface area contributed by atoms with Crippen molar-refractivity contribution in [2.75, 3.05) is 4.72 Å². The minimum absolute atomic E-state index is 0.00673. The van der Waals surface area contributed by atoms with Crippen molar-refractivity contribution in [1.82, 2.24) is 9.78 Å². The SMILES string of the molecule is O=C1C(=Nc2ccc(S(=O)(=O)Nc3cnn(-c4ccccc4)c3)cc2)C(Cl)C(=O)c2ccccc21. The lowest BCUT2D eigenvalue weighted by Crippen LogP contribution is -2.37. The molecule has 4 aromatic rings. The Morgan fingerprint density at radius 1 is 0.886 bits per heavy atom. The monoisotopic (exact) mass is 504 g/mol. The summed E-state index contributed by atoms with van der Waals surface area (Å²) in [5.74, 6) is -0.839. The van der Waals surface area contributed by atoms with Crippen LogP contribution in [0.1, 0.15) is 20.7 Å². The number of halogens is 1. The number of sulfonamides is 1. The van der Waals surface area contributed by atoms with Gasteiger partial charge in [-0.2, -0.15) is 5.10 Å². The van der Waals surface area contributed by atoms with Crippen molar-refractivity contribution in [1.29, 1.82) is 0 Å². The number of nitrogens with zero attached hydrogens (tertiary/aromatic N) is 3. The molecule has 1 N–H and O–H groups in total. The van der Waals surface area contributed by atoms with E-state index < -0.39 is 27.0 Å². The second-order valence-electron chi connectivity index (χ2n) is 7.71. The number of nitrogens with one attached hydrogen (secondary N) is 1. The zero-order valence-corrected chi connectivity index (χ0v) is 19.6. The van der Waals surface area contributed by atoms with E-state index in [4.69, 9.17) is 11.6 Å². The summed E-state index contributed by atoms with van der Waals surface area (Å²) in [5.41, 5.74) is 1.79. The summed E-state index contributed by atoms with van der Waals surface area (Å²) < 4.78 is 29.7. The van der Waals surface area contributed by atoms with Crippen LogP contribution in [0.15, 0.2) is 101 Å². The van der Waals surface area contributed by atoms with E-state index in [9.17, 15) is 18.0 Å². The fourth-order valence-electron chi connectivity index (χ4n) is 3.67. The summed E-state index contributed by atoms with van der Waals surface area (Å²) >= 11 is 6.23. The molecule has 1 atom stereocenters. The lowest BCUT2D eigenvalue weighted by atomic mass is 9.88. The highest BCUT2D eigenvalue weighted by atomic mass is 35.5. The maximum absolute atomic E-state index is 12.8. The third kappa shape index (κ3) is 4.39. The molecular weight excluding hydrogens is 488 g/mol. The number of alkyl halides is 1. The average Bonchev–Trinajstić information content (AvgIpc) is 3.34. The standard InChI is InChI=1S/C25H17ClN4O4S/c26-22-23(25(32)21-9-5-4-8-20(21)24(22)31)28-16-10-12-19(13-11-16)35(33,34)29-17-14-27-30(15-17)18-6-2-1-3-7-18/h1-15,22,29H. The molecule has 174 valence electrons. The van der Waals surface area contributed by atoms with Crippen molar-refractivity contribution in [3.8, 4) is 5.69 Å². The van der Waals surface area contributed by atoms with Crippen molar-refractivity contribution in [3.05, 3.63) is 102 Å². The number of carbonyl (C=O) groups excluding carboxylic acids is 2. The average molecular weight is 505 g/mol. The first-order chi connectivity index (χ1) is 16.8. The van der Waals surface area contributed by atoms with Crippen molar-refractivity contribution < 1.29 is 18.0 Å². The number of Topliss-reactive ketones (excluding diaryl/α,β-unsaturated/α-hetero) is 2. The van der Waals surface area contributed by atoms with Crippen molar-refractivity contribution in [2.24, 2.45) is 4.99 Å². The van der Waals surface area contributed by atoms with Crippen LogP contribution in [-0.4, -0.2) is 40.9 Å². The second kappa shape index (κ2) is 8.94. The van der Waals surface area contributed by atoms with Crippen LogP contribution in [0.5, 0.6) is 0 Å². The topological polar surface area (TPSA) is 110 Å². The molecule has 0 bridgehead atoms. The fourth-order valence-corrected chi connectivity index (χ4v) is 4.96. The lowest BCUT2D eigenvalue weighted by molar-refractivity contribution is 0.0968. The highest BCUT2D eigenvalue weighted by Crippen LogP contribution is 2.26. The molecule has 10 heteroatoms. The van der Waals surface area contributed by atoms with Crippen molar-refractivity contribution >= 4 is 50.3 Å². The summed E-state index contributed by atoms with van der Waals surface area (Å²) in [7, 11) is -3.90. The van der Waals surface area contributed by atoms with Gasteiger partial charge in [-0.15, -0.1) is 11.6 Å². The smallest absolute Gasteiger partial charge is 0.261 e. The summed E-state index contributed by atoms with van der Waals surface area (Å²) in [5, 5.41) is 2.96. The number of anilines is 1. The Hall–Kier alpha value is -4.08. The first kappa shape index (κ1) is 22.7. The minimum Gasteiger partial charge on any atom is -0.292 e. The predicted molar refractivity (Wildman–Crippen MR) is 133 cm³/mol. The first-order valence-electron chi connectivity index (χ1n) is 10.5. The van der Waals surface area contributed by atoms with Crippen LogP contribution in [0.4, 0.5) is 11.4 Å². The molecular formula is C25H17ClN4O4S. The lowest BCUT2D eigenvalue weighted by Gasteiger charge is -2.19. The van der Waals surface area contributed by atoms with Gasteiger partial charge >= 0.3 is 0 Å². The van der Waals surface area contributed by atoms with Gasteiger partial charge in [-0.05, 0) is 36.4 Å². The third-order valence-corrected chi connectivity index (χ3v) is 7.19. The molecule has 5 rings (SSSR count). The Morgan fingerprint density at radius 2 is 1.54 bits per heavy atom. The van der Waals surface area contributed by atoms with Crippen LogP contribution >= 0.6 is 11.6 Å². The molecule has 0 saturated carbocycles. The van der Waals surface area contributed by atoms with E-state index in [1.165, 1.54) is 30.5 Å². The maximum atomic E-state index is 12.8. The Morgan fingerprint density at radius 3 is 2.26 bits per heavy atom. The Balaban J connectivity index is 1.37. The molecule has 3 aromatic carbocycles. The van der Waals surface area contributed by atoms with Crippen molar-refractivity contribution in [2.45, 2.75) is 10.3 Å². The Labute approximate surface area is 205 Å². The number of fused-ring (bicyclic) bond motifs is 1. The van der Waals surface area contributed by atoms with E-state index in [1.54, 1.807) is 35.1 Å². The molecule has 0 amide bonds. The normalized spacial score (nSPS) is 16.8. The summed E-state index contributed by atoms with van der Waals surface area (Å²) in [6.07, 6.45) is 2.98. The third-order valence-electron chi connectivity index (χ3n) is 5.39. The largest absolute Gasteiger partial charge is 0.292 e. The number of hydrogen-bond acceptors (Lipinski definition) is 6. The van der Waals surface area contributed by atoms with E-state index >= 15 is 0 Å². The quantitative estimate of drug-likeness (QED) is 0.404. The number of aromatic nitrogens is 2. The summed E-state index contributed by atoms with van der Waals surface area (Å²) in [4.78, 5) is 29.6. The van der Waals surface area contributed by atoms with Crippen LogP contribution in [-0.2, 0) is 10.0 Å². The van der Waals surface area contributed by atoms with Crippen LogP contribution in [0.2, 0.25) is 0 Å². The molecule has 1 heterocycles. The van der Waals surface area contributed by atoms with Gasteiger partial charge in [-0.1, -0.05) is 42.5 Å². The summed E-state index contributed by atoms with van der Waals surface area (Å²) in [6.45, 7) is 0. The molecule has 0 spiro atoms. The highest BCUT2D eigenvalue weighted by Gasteiger charge is 2.37. The van der Waals surface area contributed by atoms with Gasteiger partial charge in [0.25, 0.3) is 10.0 Å². The van der Waals surface area contributed by atoms with E-state index in [1.807, 2.05) is 30.3 Å². The molecule has 0 radical (unpaired) electrons. The van der Waals surface area contributed by atoms with E-state index in [0.29, 0.717) is 11.4 Å². The predicted octanol–water partition coefficient (Wildman–Crippen LogP) is 4.43. The number of aliphatic imine (C=N–C) groups is 1. The van der Waals surface area contributed by atoms with Gasteiger partial charge in [0.05, 0.1) is 34.4 Å². The molecule has 8 nitrogen and oxygen atoms in total. The minimum atomic E-state index is -3.90. The van der Waals surface area contributed by atoms with Gasteiger partial charge in [0.1, 0.15) is 11.1 Å². The summed E-state index contributed by atoms with van der Waals surface area (Å²) in [6, 6.07) is 21.3. The van der Waals surface area contributed by atoms with Gasteiger partial charge < -0.3 is 0 Å². The van der Waals surface area contributed by atoms with E-state index in [2.05, 4.69) is 14.8 Å². The molecule has 1 aliphatic carbocycles. The van der Waals surface area contributed by atoms with E-state index in [-0.39, 0.29) is 21.7 Å². The molecule has 0 fully saturated rings. The molecule has 0 aliphatic heterocycles. The second-order valence-corrected chi connectivity index (χ2v) is 9.83. The Bertz CT molecular complexity index is 1580. The maximum Gasteiger partial charge on any atom is 0.261 e. The van der Waals surface area contributed by atoms with Crippen LogP contribution in [0.3, 0.4) is 0 Å². The van der Waals surface area contributed by atoms with Crippen LogP contribution < -0.4 is 4.72 Å². The van der Waals surface area contributed by atoms with Crippen LogP contribution in [0, 0.1) is 0 Å². The van der Waals surface area contributed by atoms with E-state index in [0.717, 1.165) is 5.69 Å².